The molecule has 0 saturated carbocycles. The van der Waals surface area contributed by atoms with Gasteiger partial charge in [0.25, 0.3) is 0 Å². The molecule has 0 amide bonds. The number of hydrogen-bond acceptors (Lipinski definition) is 3. The van der Waals surface area contributed by atoms with E-state index in [1.54, 1.807) is 0 Å². The zero-order chi connectivity index (χ0) is 11.7. The Balaban J connectivity index is 2.21. The van der Waals surface area contributed by atoms with Gasteiger partial charge in [0.05, 0.1) is 6.04 Å². The van der Waals surface area contributed by atoms with E-state index in [2.05, 4.69) is 40.7 Å². The van der Waals surface area contributed by atoms with Crippen molar-refractivity contribution in [2.75, 3.05) is 13.1 Å². The smallest absolute Gasteiger partial charge is 0.0567 e. The number of nitrogens with two attached hydrogens (primary N) is 1. The second-order valence-corrected chi connectivity index (χ2v) is 6.68. The molecule has 2 atom stereocenters. The molecule has 0 aliphatic carbocycles. The number of nitrogens with zero attached hydrogens (tertiary/aromatic N) is 1. The summed E-state index contributed by atoms with van der Waals surface area (Å²) in [4.78, 5) is 5.30. The molecule has 2 unspecified atom stereocenters. The van der Waals surface area contributed by atoms with Crippen LogP contribution in [0.4, 0.5) is 0 Å². The predicted octanol–water partition coefficient (Wildman–Crippen LogP) is 3.30. The molecule has 1 aromatic heterocycles. The molecule has 2 heterocycles. The number of halogens is 1. The highest BCUT2D eigenvalue weighted by molar-refractivity contribution is 9.10. The van der Waals surface area contributed by atoms with Crippen LogP contribution in [0.25, 0.3) is 0 Å². The van der Waals surface area contributed by atoms with Crippen molar-refractivity contribution in [2.45, 2.75) is 38.8 Å². The number of likely N-dealkylation sites (tertiary alicyclic amines) is 1. The first-order valence-corrected chi connectivity index (χ1v) is 7.46. The highest BCUT2D eigenvalue weighted by Crippen LogP contribution is 2.35. The van der Waals surface area contributed by atoms with Crippen LogP contribution in [0.15, 0.2) is 10.5 Å². The average Bonchev–Trinajstić information content (AvgIpc) is 2.78. The second-order valence-electron chi connectivity index (χ2n) is 4.53. The molecule has 1 aromatic rings. The molecule has 1 aliphatic rings. The van der Waals surface area contributed by atoms with Crippen LogP contribution in [0.1, 0.15) is 35.6 Å². The van der Waals surface area contributed by atoms with Crippen LogP contribution in [0.5, 0.6) is 0 Å². The Morgan fingerprint density at radius 3 is 2.88 bits per heavy atom. The third-order valence-corrected chi connectivity index (χ3v) is 5.67. The van der Waals surface area contributed by atoms with Crippen LogP contribution in [-0.2, 0) is 0 Å². The maximum atomic E-state index is 5.96. The highest BCUT2D eigenvalue weighted by Gasteiger charge is 2.29. The van der Waals surface area contributed by atoms with Gasteiger partial charge in [-0.15, -0.1) is 11.3 Å². The van der Waals surface area contributed by atoms with E-state index in [0.717, 1.165) is 6.54 Å². The van der Waals surface area contributed by atoms with Crippen molar-refractivity contribution in [1.29, 1.82) is 0 Å². The minimum atomic E-state index is 0.410. The molecule has 1 aliphatic heterocycles. The van der Waals surface area contributed by atoms with Crippen LogP contribution in [-0.4, -0.2) is 24.0 Å². The topological polar surface area (TPSA) is 29.3 Å². The molecule has 0 bridgehead atoms. The predicted molar refractivity (Wildman–Crippen MR) is 74.0 cm³/mol. The molecule has 2 nitrogen and oxygen atoms in total. The first kappa shape index (κ1) is 12.6. The Kier molecular flexibility index (Phi) is 4.06. The van der Waals surface area contributed by atoms with E-state index in [1.165, 1.54) is 33.6 Å². The normalized spacial score (nSPS) is 23.9. The maximum absolute atomic E-state index is 5.96. The lowest BCUT2D eigenvalue weighted by atomic mass is 10.2. The van der Waals surface area contributed by atoms with Gasteiger partial charge in [-0.25, -0.2) is 0 Å². The van der Waals surface area contributed by atoms with E-state index >= 15 is 0 Å². The molecule has 2 N–H and O–H groups in total. The lowest BCUT2D eigenvalue weighted by Gasteiger charge is -2.29. The van der Waals surface area contributed by atoms with Crippen molar-refractivity contribution in [1.82, 2.24) is 4.90 Å². The number of rotatable bonds is 3. The van der Waals surface area contributed by atoms with Crippen molar-refractivity contribution >= 4 is 27.3 Å². The van der Waals surface area contributed by atoms with Gasteiger partial charge in [-0.2, -0.15) is 0 Å². The standard InChI is InChI=1S/C12H19BrN2S/c1-8-4-3-5-15(8)11(7-14)12-6-10(13)9(2)16-12/h6,8,11H,3-5,7,14H2,1-2H3. The fourth-order valence-electron chi connectivity index (χ4n) is 2.48. The zero-order valence-electron chi connectivity index (χ0n) is 9.87. The van der Waals surface area contributed by atoms with Gasteiger partial charge in [0.2, 0.25) is 0 Å². The molecule has 16 heavy (non-hydrogen) atoms. The quantitative estimate of drug-likeness (QED) is 0.928. The van der Waals surface area contributed by atoms with Gasteiger partial charge in [-0.1, -0.05) is 0 Å². The molecule has 4 heteroatoms. The Morgan fingerprint density at radius 1 is 1.69 bits per heavy atom. The molecule has 90 valence electrons. The average molecular weight is 303 g/mol. The molecule has 1 fully saturated rings. The van der Waals surface area contributed by atoms with Crippen molar-refractivity contribution in [3.05, 3.63) is 20.3 Å². The van der Waals surface area contributed by atoms with E-state index in [1.807, 2.05) is 11.3 Å². The number of thiophene rings is 1. The molecule has 2 rings (SSSR count). The highest BCUT2D eigenvalue weighted by atomic mass is 79.9. The summed E-state index contributed by atoms with van der Waals surface area (Å²) in [7, 11) is 0. The fraction of sp³-hybridized carbons (Fsp3) is 0.667. The lowest BCUT2D eigenvalue weighted by molar-refractivity contribution is 0.198. The summed E-state index contributed by atoms with van der Waals surface area (Å²) < 4.78 is 1.22. The van der Waals surface area contributed by atoms with E-state index in [-0.39, 0.29) is 0 Å². The second kappa shape index (κ2) is 5.17. The Labute approximate surface area is 110 Å². The summed E-state index contributed by atoms with van der Waals surface area (Å²) in [6.45, 7) is 6.37. The summed E-state index contributed by atoms with van der Waals surface area (Å²) >= 11 is 5.46. The van der Waals surface area contributed by atoms with Gasteiger partial charge in [-0.3, -0.25) is 4.90 Å². The maximum Gasteiger partial charge on any atom is 0.0567 e. The first-order valence-electron chi connectivity index (χ1n) is 5.85. The van der Waals surface area contributed by atoms with E-state index in [4.69, 9.17) is 5.73 Å². The van der Waals surface area contributed by atoms with Gasteiger partial charge in [0.1, 0.15) is 0 Å². The summed E-state index contributed by atoms with van der Waals surface area (Å²) in [5.74, 6) is 0. The molecular formula is C12H19BrN2S. The van der Waals surface area contributed by atoms with E-state index in [0.29, 0.717) is 12.1 Å². The third kappa shape index (κ3) is 2.35. The monoisotopic (exact) mass is 302 g/mol. The Morgan fingerprint density at radius 2 is 2.44 bits per heavy atom. The minimum Gasteiger partial charge on any atom is -0.329 e. The SMILES string of the molecule is Cc1sc(C(CN)N2CCCC2C)cc1Br. The largest absolute Gasteiger partial charge is 0.329 e. The Bertz CT molecular complexity index is 344. The summed E-state index contributed by atoms with van der Waals surface area (Å²) in [6.07, 6.45) is 2.62. The van der Waals surface area contributed by atoms with Crippen molar-refractivity contribution in [2.24, 2.45) is 5.73 Å². The van der Waals surface area contributed by atoms with Gasteiger partial charge in [-0.05, 0) is 55.2 Å². The Hall–Kier alpha value is 0.100. The van der Waals surface area contributed by atoms with E-state index in [9.17, 15) is 0 Å². The zero-order valence-corrected chi connectivity index (χ0v) is 12.3. The summed E-state index contributed by atoms with van der Waals surface area (Å²) in [5.41, 5.74) is 5.96. The van der Waals surface area contributed by atoms with Crippen LogP contribution in [0.2, 0.25) is 0 Å². The molecule has 0 radical (unpaired) electrons. The summed E-state index contributed by atoms with van der Waals surface area (Å²) in [5, 5.41) is 0. The minimum absolute atomic E-state index is 0.410. The third-order valence-electron chi connectivity index (χ3n) is 3.43. The molecule has 0 spiro atoms. The van der Waals surface area contributed by atoms with Gasteiger partial charge < -0.3 is 5.73 Å². The molecule has 1 saturated heterocycles. The van der Waals surface area contributed by atoms with Crippen LogP contribution in [0.3, 0.4) is 0 Å². The number of aryl methyl sites for hydroxylation is 1. The van der Waals surface area contributed by atoms with Crippen LogP contribution in [0, 0.1) is 6.92 Å². The first-order chi connectivity index (χ1) is 7.63. The number of hydrogen-bond donors (Lipinski definition) is 1. The van der Waals surface area contributed by atoms with Crippen LogP contribution >= 0.6 is 27.3 Å². The molecular weight excluding hydrogens is 284 g/mol. The van der Waals surface area contributed by atoms with Crippen molar-refractivity contribution in [3.63, 3.8) is 0 Å². The van der Waals surface area contributed by atoms with Crippen molar-refractivity contribution in [3.8, 4) is 0 Å². The van der Waals surface area contributed by atoms with E-state index < -0.39 is 0 Å². The summed E-state index contributed by atoms with van der Waals surface area (Å²) in [6, 6.07) is 3.32. The fourth-order valence-corrected chi connectivity index (χ4v) is 4.17. The van der Waals surface area contributed by atoms with Crippen LogP contribution < -0.4 is 5.73 Å². The molecule has 0 aromatic carbocycles. The lowest BCUT2D eigenvalue weighted by Crippen LogP contribution is -2.35. The van der Waals surface area contributed by atoms with Gasteiger partial charge >= 0.3 is 0 Å². The van der Waals surface area contributed by atoms with Gasteiger partial charge in [0, 0.05) is 26.8 Å². The van der Waals surface area contributed by atoms with Gasteiger partial charge in [0.15, 0.2) is 0 Å². The van der Waals surface area contributed by atoms with Crippen molar-refractivity contribution < 1.29 is 0 Å².